The fraction of sp³-hybridized carbons (Fsp3) is 0.350. The fourth-order valence-electron chi connectivity index (χ4n) is 3.45. The fourth-order valence-corrected chi connectivity index (χ4v) is 3.45. The molecule has 2 N–H and O–H groups in total. The molecule has 3 unspecified atom stereocenters. The molecule has 0 aromatic heterocycles. The van der Waals surface area contributed by atoms with Gasteiger partial charge in [0, 0.05) is 0 Å². The molecule has 2 heterocycles. The molecule has 25 heavy (non-hydrogen) atoms. The van der Waals surface area contributed by atoms with Gasteiger partial charge in [-0.25, -0.2) is 0 Å². The van der Waals surface area contributed by atoms with E-state index in [1.54, 1.807) is 0 Å². The number of hydrogen-bond donors (Lipinski definition) is 2. The predicted molar refractivity (Wildman–Crippen MR) is 94.4 cm³/mol. The molecule has 0 saturated carbocycles. The number of nitrogens with one attached hydrogen (secondary N) is 2. The van der Waals surface area contributed by atoms with Gasteiger partial charge in [-0.2, -0.15) is 0 Å². The van der Waals surface area contributed by atoms with Gasteiger partial charge in [-0.05, 0) is 37.5 Å². The summed E-state index contributed by atoms with van der Waals surface area (Å²) in [4.78, 5) is 12.6. The average molecular weight is 338 g/mol. The smallest absolute Gasteiger partial charge is 0.230 e. The molecule has 0 aliphatic carbocycles. The summed E-state index contributed by atoms with van der Waals surface area (Å²) in [5.41, 5.74) is 3.22. The Labute approximate surface area is 147 Å². The Morgan fingerprint density at radius 2 is 2.00 bits per heavy atom. The molecule has 2 aliphatic heterocycles. The SMILES string of the molecule is CCOc1cccc2c1OC1NC(c3ccc(C)cc3)NC(=O)C1C2. The zero-order valence-corrected chi connectivity index (χ0v) is 14.4. The number of hydrogen-bond acceptors (Lipinski definition) is 4. The molecule has 2 aromatic carbocycles. The summed E-state index contributed by atoms with van der Waals surface area (Å²) < 4.78 is 11.9. The van der Waals surface area contributed by atoms with Crippen LogP contribution in [0, 0.1) is 12.8 Å². The molecule has 4 rings (SSSR count). The van der Waals surface area contributed by atoms with Crippen LogP contribution in [0.4, 0.5) is 0 Å². The monoisotopic (exact) mass is 338 g/mol. The third-order valence-corrected chi connectivity index (χ3v) is 4.78. The van der Waals surface area contributed by atoms with E-state index < -0.39 is 0 Å². The zero-order chi connectivity index (χ0) is 17.4. The van der Waals surface area contributed by atoms with Crippen molar-refractivity contribution in [2.24, 2.45) is 5.92 Å². The number of rotatable bonds is 3. The van der Waals surface area contributed by atoms with Gasteiger partial charge in [0.15, 0.2) is 17.7 Å². The lowest BCUT2D eigenvalue weighted by Gasteiger charge is -2.41. The van der Waals surface area contributed by atoms with Gasteiger partial charge >= 0.3 is 0 Å². The van der Waals surface area contributed by atoms with Gasteiger partial charge in [-0.15, -0.1) is 0 Å². The lowest BCUT2D eigenvalue weighted by atomic mass is 9.90. The van der Waals surface area contributed by atoms with Gasteiger partial charge in [0.25, 0.3) is 0 Å². The number of para-hydroxylation sites is 1. The molecule has 0 radical (unpaired) electrons. The van der Waals surface area contributed by atoms with E-state index in [1.807, 2.05) is 56.3 Å². The predicted octanol–water partition coefficient (Wildman–Crippen LogP) is 2.69. The molecule has 3 atom stereocenters. The van der Waals surface area contributed by atoms with E-state index >= 15 is 0 Å². The number of ether oxygens (including phenoxy) is 2. The number of aryl methyl sites for hydroxylation is 1. The van der Waals surface area contributed by atoms with Crippen LogP contribution in [0.15, 0.2) is 42.5 Å². The number of benzene rings is 2. The first-order valence-electron chi connectivity index (χ1n) is 8.70. The second kappa shape index (κ2) is 6.41. The van der Waals surface area contributed by atoms with Crippen LogP contribution >= 0.6 is 0 Å². The number of fused-ring (bicyclic) bond motifs is 2. The van der Waals surface area contributed by atoms with Crippen molar-refractivity contribution in [1.29, 1.82) is 0 Å². The van der Waals surface area contributed by atoms with Crippen molar-refractivity contribution in [2.75, 3.05) is 6.61 Å². The first kappa shape index (κ1) is 16.0. The Morgan fingerprint density at radius 1 is 1.20 bits per heavy atom. The molecule has 2 aliphatic rings. The molecule has 5 nitrogen and oxygen atoms in total. The number of amides is 1. The van der Waals surface area contributed by atoms with E-state index in [1.165, 1.54) is 5.56 Å². The molecule has 1 amide bonds. The van der Waals surface area contributed by atoms with E-state index in [-0.39, 0.29) is 24.2 Å². The summed E-state index contributed by atoms with van der Waals surface area (Å²) in [7, 11) is 0. The molecular weight excluding hydrogens is 316 g/mol. The minimum absolute atomic E-state index is 0.0155. The molecule has 0 spiro atoms. The van der Waals surface area contributed by atoms with Gasteiger partial charge < -0.3 is 14.8 Å². The van der Waals surface area contributed by atoms with Crippen LogP contribution in [-0.2, 0) is 11.2 Å². The van der Waals surface area contributed by atoms with E-state index in [0.717, 1.165) is 22.6 Å². The van der Waals surface area contributed by atoms with Crippen LogP contribution < -0.4 is 20.1 Å². The highest BCUT2D eigenvalue weighted by molar-refractivity contribution is 5.81. The van der Waals surface area contributed by atoms with E-state index in [2.05, 4.69) is 10.6 Å². The summed E-state index contributed by atoms with van der Waals surface area (Å²) in [6, 6.07) is 14.0. The second-order valence-electron chi connectivity index (χ2n) is 6.55. The Kier molecular flexibility index (Phi) is 4.09. The second-order valence-corrected chi connectivity index (χ2v) is 6.55. The van der Waals surface area contributed by atoms with Gasteiger partial charge in [-0.1, -0.05) is 42.0 Å². The number of carbonyl (C=O) groups excluding carboxylic acids is 1. The summed E-state index contributed by atoms with van der Waals surface area (Å²) in [5.74, 6) is 1.25. The Bertz CT molecular complexity index is 788. The van der Waals surface area contributed by atoms with Crippen LogP contribution in [0.2, 0.25) is 0 Å². The van der Waals surface area contributed by atoms with Crippen LogP contribution in [0.25, 0.3) is 0 Å². The van der Waals surface area contributed by atoms with E-state index in [9.17, 15) is 4.79 Å². The molecule has 5 heteroatoms. The first-order chi connectivity index (χ1) is 12.2. The van der Waals surface area contributed by atoms with Crippen molar-refractivity contribution in [3.05, 3.63) is 59.2 Å². The van der Waals surface area contributed by atoms with Gasteiger partial charge in [0.2, 0.25) is 5.91 Å². The Morgan fingerprint density at radius 3 is 2.76 bits per heavy atom. The highest BCUT2D eigenvalue weighted by Crippen LogP contribution is 2.39. The largest absolute Gasteiger partial charge is 0.490 e. The quantitative estimate of drug-likeness (QED) is 0.903. The summed E-state index contributed by atoms with van der Waals surface area (Å²) in [5, 5.41) is 6.48. The summed E-state index contributed by atoms with van der Waals surface area (Å²) >= 11 is 0. The highest BCUT2D eigenvalue weighted by atomic mass is 16.5. The average Bonchev–Trinajstić information content (AvgIpc) is 2.62. The molecule has 2 aromatic rings. The third-order valence-electron chi connectivity index (χ3n) is 4.78. The molecule has 130 valence electrons. The molecule has 1 saturated heterocycles. The first-order valence-corrected chi connectivity index (χ1v) is 8.70. The van der Waals surface area contributed by atoms with Crippen LogP contribution in [0.1, 0.15) is 29.8 Å². The normalized spacial score (nSPS) is 24.6. The van der Waals surface area contributed by atoms with Crippen molar-refractivity contribution < 1.29 is 14.3 Å². The Hall–Kier alpha value is -2.53. The maximum absolute atomic E-state index is 12.6. The van der Waals surface area contributed by atoms with E-state index in [0.29, 0.717) is 13.0 Å². The van der Waals surface area contributed by atoms with Gasteiger partial charge in [0.1, 0.15) is 6.17 Å². The summed E-state index contributed by atoms with van der Waals surface area (Å²) in [6.45, 7) is 4.57. The van der Waals surface area contributed by atoms with Crippen molar-refractivity contribution in [2.45, 2.75) is 32.7 Å². The topological polar surface area (TPSA) is 59.6 Å². The number of carbonyl (C=O) groups is 1. The Balaban J connectivity index is 1.61. The molecule has 1 fully saturated rings. The zero-order valence-electron chi connectivity index (χ0n) is 14.4. The highest BCUT2D eigenvalue weighted by Gasteiger charge is 2.42. The van der Waals surface area contributed by atoms with Crippen LogP contribution in [0.3, 0.4) is 0 Å². The van der Waals surface area contributed by atoms with Gasteiger partial charge in [-0.3, -0.25) is 10.1 Å². The van der Waals surface area contributed by atoms with Crippen LogP contribution in [-0.4, -0.2) is 18.7 Å². The van der Waals surface area contributed by atoms with E-state index in [4.69, 9.17) is 9.47 Å². The molecule has 0 bridgehead atoms. The summed E-state index contributed by atoms with van der Waals surface area (Å²) in [6.07, 6.45) is 0.0182. The van der Waals surface area contributed by atoms with Gasteiger partial charge in [0.05, 0.1) is 12.5 Å². The van der Waals surface area contributed by atoms with Crippen molar-refractivity contribution >= 4 is 5.91 Å². The minimum Gasteiger partial charge on any atom is -0.490 e. The lowest BCUT2D eigenvalue weighted by Crippen LogP contribution is -2.60. The lowest BCUT2D eigenvalue weighted by molar-refractivity contribution is -0.135. The molecular formula is C20H22N2O3. The maximum Gasteiger partial charge on any atom is 0.230 e. The van der Waals surface area contributed by atoms with Crippen molar-refractivity contribution in [3.63, 3.8) is 0 Å². The van der Waals surface area contributed by atoms with Crippen LogP contribution in [0.5, 0.6) is 11.5 Å². The van der Waals surface area contributed by atoms with Crippen molar-refractivity contribution in [1.82, 2.24) is 10.6 Å². The maximum atomic E-state index is 12.6. The third kappa shape index (κ3) is 2.96. The minimum atomic E-state index is -0.367. The van der Waals surface area contributed by atoms with Crippen molar-refractivity contribution in [3.8, 4) is 11.5 Å². The standard InChI is InChI=1S/C20H22N2O3/c1-3-24-16-6-4-5-14-11-15-19(23)21-18(22-20(15)25-17(14)16)13-9-7-12(2)8-10-13/h4-10,15,18,20,22H,3,11H2,1-2H3,(H,21,23).